The van der Waals surface area contributed by atoms with Crippen LogP contribution in [0.2, 0.25) is 0 Å². The molecule has 0 bridgehead atoms. The van der Waals surface area contributed by atoms with Crippen LogP contribution in [0.25, 0.3) is 0 Å². The van der Waals surface area contributed by atoms with E-state index in [-0.39, 0.29) is 43.3 Å². The Balaban J connectivity index is 1.81. The van der Waals surface area contributed by atoms with Crippen molar-refractivity contribution in [3.05, 3.63) is 29.1 Å². The van der Waals surface area contributed by atoms with E-state index in [1.165, 1.54) is 13.8 Å². The van der Waals surface area contributed by atoms with Crippen molar-refractivity contribution in [2.75, 3.05) is 13.2 Å². The predicted molar refractivity (Wildman–Crippen MR) is 119 cm³/mol. The molecule has 1 aliphatic carbocycles. The molecule has 0 saturated heterocycles. The first kappa shape index (κ1) is 30.5. The van der Waals surface area contributed by atoms with Gasteiger partial charge in [-0.05, 0) is 31.1 Å². The van der Waals surface area contributed by atoms with Crippen LogP contribution < -0.4 is 4.74 Å². The van der Waals surface area contributed by atoms with E-state index in [2.05, 4.69) is 4.74 Å². The highest BCUT2D eigenvalue weighted by molar-refractivity contribution is 5.72. The zero-order valence-electron chi connectivity index (χ0n) is 21.1. The molecule has 37 heavy (non-hydrogen) atoms. The molecule has 0 aliphatic heterocycles. The van der Waals surface area contributed by atoms with Gasteiger partial charge in [-0.15, -0.1) is 0 Å². The molecule has 1 aromatic rings. The monoisotopic (exact) mass is 538 g/mol. The number of ether oxygens (including phenoxy) is 4. The molecule has 1 aromatic carbocycles. The van der Waals surface area contributed by atoms with Crippen molar-refractivity contribution >= 4 is 17.9 Å². The average Bonchev–Trinajstić information content (AvgIpc) is 2.84. The number of carbonyl (C=O) groups excluding carboxylic acids is 3. The number of rotatable bonds is 11. The Kier molecular flexibility index (Phi) is 11.3. The molecular formula is C25H31F5O7. The van der Waals surface area contributed by atoms with E-state index in [4.69, 9.17) is 14.2 Å². The van der Waals surface area contributed by atoms with Crippen molar-refractivity contribution in [1.29, 1.82) is 0 Å². The molecule has 0 heterocycles. The minimum absolute atomic E-state index is 0.0363. The lowest BCUT2D eigenvalue weighted by Gasteiger charge is -2.43. The van der Waals surface area contributed by atoms with Crippen molar-refractivity contribution in [2.45, 2.75) is 72.0 Å². The zero-order valence-corrected chi connectivity index (χ0v) is 21.1. The SMILES string of the molecule is CC(=O)OCC1C[C@@H](OCCCCCC(=O)Oc2c(F)c(F)c(F)c(F)c2F)C(C)[C@@H](C)[C@H]1OC(C)=O. The summed E-state index contributed by atoms with van der Waals surface area (Å²) in [5.41, 5.74) is 0. The lowest BCUT2D eigenvalue weighted by atomic mass is 9.72. The van der Waals surface area contributed by atoms with E-state index in [0.717, 1.165) is 0 Å². The minimum Gasteiger partial charge on any atom is -0.465 e. The molecule has 1 fully saturated rings. The molecule has 5 atom stereocenters. The summed E-state index contributed by atoms with van der Waals surface area (Å²) in [4.78, 5) is 34.7. The molecule has 0 spiro atoms. The maximum Gasteiger partial charge on any atom is 0.311 e. The van der Waals surface area contributed by atoms with Crippen LogP contribution in [0.3, 0.4) is 0 Å². The third-order valence-electron chi connectivity index (χ3n) is 6.48. The van der Waals surface area contributed by atoms with Gasteiger partial charge in [-0.1, -0.05) is 20.3 Å². The molecule has 0 radical (unpaired) electrons. The van der Waals surface area contributed by atoms with Crippen LogP contribution in [0, 0.1) is 46.8 Å². The van der Waals surface area contributed by atoms with Gasteiger partial charge < -0.3 is 18.9 Å². The number of hydrogen-bond acceptors (Lipinski definition) is 7. The summed E-state index contributed by atoms with van der Waals surface area (Å²) >= 11 is 0. The molecule has 2 rings (SSSR count). The van der Waals surface area contributed by atoms with Crippen molar-refractivity contribution < 1.29 is 55.3 Å². The van der Waals surface area contributed by atoms with Gasteiger partial charge >= 0.3 is 17.9 Å². The van der Waals surface area contributed by atoms with Gasteiger partial charge in [0.1, 0.15) is 6.10 Å². The third-order valence-corrected chi connectivity index (χ3v) is 6.48. The maximum absolute atomic E-state index is 13.6. The molecule has 12 heteroatoms. The lowest BCUT2D eigenvalue weighted by molar-refractivity contribution is -0.170. The van der Waals surface area contributed by atoms with Crippen LogP contribution in [0.5, 0.6) is 5.75 Å². The van der Waals surface area contributed by atoms with Crippen LogP contribution in [0.1, 0.15) is 59.8 Å². The maximum atomic E-state index is 13.6. The molecule has 208 valence electrons. The Morgan fingerprint density at radius 2 is 1.41 bits per heavy atom. The van der Waals surface area contributed by atoms with Crippen molar-refractivity contribution in [1.82, 2.24) is 0 Å². The summed E-state index contributed by atoms with van der Waals surface area (Å²) in [6, 6.07) is 0. The zero-order chi connectivity index (χ0) is 27.9. The topological polar surface area (TPSA) is 88.1 Å². The van der Waals surface area contributed by atoms with Crippen molar-refractivity contribution in [3.8, 4) is 5.75 Å². The lowest BCUT2D eigenvalue weighted by Crippen LogP contribution is -2.48. The van der Waals surface area contributed by atoms with Gasteiger partial charge in [-0.3, -0.25) is 14.4 Å². The molecular weight excluding hydrogens is 507 g/mol. The summed E-state index contributed by atoms with van der Waals surface area (Å²) < 4.78 is 87.8. The number of carbonyl (C=O) groups is 3. The van der Waals surface area contributed by atoms with Gasteiger partial charge in [0.2, 0.25) is 34.8 Å². The number of unbranched alkanes of at least 4 members (excludes halogenated alkanes) is 2. The van der Waals surface area contributed by atoms with E-state index in [9.17, 15) is 36.3 Å². The number of esters is 3. The first-order chi connectivity index (χ1) is 17.3. The second-order valence-corrected chi connectivity index (χ2v) is 9.18. The summed E-state index contributed by atoms with van der Waals surface area (Å²) in [7, 11) is 0. The van der Waals surface area contributed by atoms with Crippen LogP contribution in [-0.4, -0.2) is 43.3 Å². The highest BCUT2D eigenvalue weighted by atomic mass is 19.2. The quantitative estimate of drug-likeness (QED) is 0.0977. The fraction of sp³-hybridized carbons (Fsp3) is 0.640. The molecule has 0 amide bonds. The van der Waals surface area contributed by atoms with E-state index >= 15 is 0 Å². The van der Waals surface area contributed by atoms with Crippen LogP contribution in [0.15, 0.2) is 0 Å². The average molecular weight is 539 g/mol. The highest BCUT2D eigenvalue weighted by Crippen LogP contribution is 2.38. The molecule has 0 aromatic heterocycles. The molecule has 1 aliphatic rings. The first-order valence-electron chi connectivity index (χ1n) is 12.0. The Hall–Kier alpha value is -2.76. The van der Waals surface area contributed by atoms with E-state index < -0.39 is 58.8 Å². The molecule has 2 unspecified atom stereocenters. The Bertz CT molecular complexity index is 958. The van der Waals surface area contributed by atoms with Crippen LogP contribution in [-0.2, 0) is 28.6 Å². The minimum atomic E-state index is -2.34. The van der Waals surface area contributed by atoms with Gasteiger partial charge in [0.05, 0.1) is 12.7 Å². The number of benzene rings is 1. The fourth-order valence-corrected chi connectivity index (χ4v) is 4.34. The smallest absolute Gasteiger partial charge is 0.311 e. The van der Waals surface area contributed by atoms with Crippen LogP contribution in [0.4, 0.5) is 22.0 Å². The summed E-state index contributed by atoms with van der Waals surface area (Å²) in [6.07, 6.45) is 0.816. The molecule has 7 nitrogen and oxygen atoms in total. The molecule has 0 N–H and O–H groups in total. The van der Waals surface area contributed by atoms with Gasteiger partial charge in [-0.25, -0.2) is 13.2 Å². The second-order valence-electron chi connectivity index (χ2n) is 9.18. The van der Waals surface area contributed by atoms with Gasteiger partial charge in [-0.2, -0.15) is 8.78 Å². The van der Waals surface area contributed by atoms with Crippen molar-refractivity contribution in [2.24, 2.45) is 17.8 Å². The standard InChI is InChI=1S/C25H31F5O7/c1-12-13(2)24(36-15(4)32)16(11-35-14(3)31)10-17(12)34-9-7-5-6-8-18(33)37-25-22(29)20(27)19(26)21(28)23(25)30/h12-13,16-17,24H,5-11H2,1-4H3/t12?,13-,16?,17-,24-/m1/s1. The first-order valence-corrected chi connectivity index (χ1v) is 12.0. The number of hydrogen-bond donors (Lipinski definition) is 0. The van der Waals surface area contributed by atoms with Crippen LogP contribution >= 0.6 is 0 Å². The summed E-state index contributed by atoms with van der Waals surface area (Å²) in [5.74, 6) is -15.0. The van der Waals surface area contributed by atoms with Gasteiger partial charge in [0.15, 0.2) is 0 Å². The fourth-order valence-electron chi connectivity index (χ4n) is 4.34. The second kappa shape index (κ2) is 13.7. The van der Waals surface area contributed by atoms with Crippen molar-refractivity contribution in [3.63, 3.8) is 0 Å². The summed E-state index contributed by atoms with van der Waals surface area (Å²) in [6.45, 7) is 6.95. The Labute approximate surface area is 211 Å². The van der Waals surface area contributed by atoms with E-state index in [1.54, 1.807) is 0 Å². The normalized spacial score (nSPS) is 23.4. The third kappa shape index (κ3) is 8.11. The summed E-state index contributed by atoms with van der Waals surface area (Å²) in [5, 5.41) is 0. The van der Waals surface area contributed by atoms with Gasteiger partial charge in [0, 0.05) is 32.8 Å². The highest BCUT2D eigenvalue weighted by Gasteiger charge is 2.43. The van der Waals surface area contributed by atoms with E-state index in [0.29, 0.717) is 25.9 Å². The van der Waals surface area contributed by atoms with Gasteiger partial charge in [0.25, 0.3) is 0 Å². The predicted octanol–water partition coefficient (Wildman–Crippen LogP) is 5.02. The Morgan fingerprint density at radius 3 is 1.97 bits per heavy atom. The largest absolute Gasteiger partial charge is 0.465 e. The Morgan fingerprint density at radius 1 is 0.811 bits per heavy atom. The van der Waals surface area contributed by atoms with E-state index in [1.807, 2.05) is 13.8 Å². The molecule has 1 saturated carbocycles. The number of halogens is 5.